The van der Waals surface area contributed by atoms with Crippen LogP contribution in [0.25, 0.3) is 5.69 Å². The molecule has 0 fully saturated rings. The van der Waals surface area contributed by atoms with Crippen LogP contribution < -0.4 is 5.73 Å². The van der Waals surface area contributed by atoms with Crippen molar-refractivity contribution in [2.45, 2.75) is 13.3 Å². The number of imidazole rings is 1. The van der Waals surface area contributed by atoms with Crippen LogP contribution >= 0.6 is 11.6 Å². The fourth-order valence-electron chi connectivity index (χ4n) is 1.76. The van der Waals surface area contributed by atoms with Crippen molar-refractivity contribution in [3.63, 3.8) is 0 Å². The molecule has 0 bridgehead atoms. The van der Waals surface area contributed by atoms with Crippen molar-refractivity contribution in [1.82, 2.24) is 9.55 Å². The lowest BCUT2D eigenvalue weighted by atomic mass is 10.2. The number of rotatable bonds is 3. The van der Waals surface area contributed by atoms with Gasteiger partial charge in [-0.3, -0.25) is 0 Å². The number of halogens is 1. The molecule has 0 amide bonds. The minimum atomic E-state index is 0.623. The minimum Gasteiger partial charge on any atom is -0.330 e. The second-order valence-corrected chi connectivity index (χ2v) is 4.16. The van der Waals surface area contributed by atoms with Gasteiger partial charge in [0.1, 0.15) is 0 Å². The monoisotopic (exact) mass is 235 g/mol. The van der Waals surface area contributed by atoms with Gasteiger partial charge in [0.25, 0.3) is 0 Å². The third kappa shape index (κ3) is 2.10. The SMILES string of the molecule is Cc1cc(Cl)ccc1-n1cncc1CCN. The standard InChI is InChI=1S/C12H14ClN3/c1-9-6-10(13)2-3-12(9)16-8-15-7-11(16)4-5-14/h2-3,6-8H,4-5,14H2,1H3. The molecule has 3 nitrogen and oxygen atoms in total. The molecule has 84 valence electrons. The summed E-state index contributed by atoms with van der Waals surface area (Å²) in [7, 11) is 0. The summed E-state index contributed by atoms with van der Waals surface area (Å²) >= 11 is 5.93. The van der Waals surface area contributed by atoms with Crippen LogP contribution in [0.15, 0.2) is 30.7 Å². The lowest BCUT2D eigenvalue weighted by Crippen LogP contribution is -2.08. The molecule has 0 spiro atoms. The normalized spacial score (nSPS) is 10.7. The molecule has 0 radical (unpaired) electrons. The predicted molar refractivity (Wildman–Crippen MR) is 66.1 cm³/mol. The summed E-state index contributed by atoms with van der Waals surface area (Å²) in [5.41, 5.74) is 8.92. The smallest absolute Gasteiger partial charge is 0.0994 e. The van der Waals surface area contributed by atoms with E-state index in [0.29, 0.717) is 6.54 Å². The van der Waals surface area contributed by atoms with Gasteiger partial charge >= 0.3 is 0 Å². The Hall–Kier alpha value is -1.32. The molecular weight excluding hydrogens is 222 g/mol. The van der Waals surface area contributed by atoms with Crippen LogP contribution in [-0.2, 0) is 6.42 Å². The summed E-state index contributed by atoms with van der Waals surface area (Å²) in [5.74, 6) is 0. The molecule has 0 saturated heterocycles. The summed E-state index contributed by atoms with van der Waals surface area (Å²) < 4.78 is 2.05. The van der Waals surface area contributed by atoms with Crippen LogP contribution in [0.1, 0.15) is 11.3 Å². The first kappa shape index (κ1) is 11.2. The maximum Gasteiger partial charge on any atom is 0.0994 e. The molecule has 2 N–H and O–H groups in total. The van der Waals surface area contributed by atoms with Crippen molar-refractivity contribution in [2.24, 2.45) is 5.73 Å². The molecule has 1 aromatic heterocycles. The number of hydrogen-bond donors (Lipinski definition) is 1. The molecule has 0 atom stereocenters. The van der Waals surface area contributed by atoms with Gasteiger partial charge in [-0.05, 0) is 37.2 Å². The first-order valence-corrected chi connectivity index (χ1v) is 5.58. The van der Waals surface area contributed by atoms with Crippen LogP contribution in [-0.4, -0.2) is 16.1 Å². The Morgan fingerprint density at radius 1 is 1.44 bits per heavy atom. The van der Waals surface area contributed by atoms with E-state index in [9.17, 15) is 0 Å². The lowest BCUT2D eigenvalue weighted by Gasteiger charge is -2.10. The number of nitrogens with zero attached hydrogens (tertiary/aromatic N) is 2. The second-order valence-electron chi connectivity index (χ2n) is 3.72. The average molecular weight is 236 g/mol. The highest BCUT2D eigenvalue weighted by Crippen LogP contribution is 2.20. The molecule has 0 aliphatic carbocycles. The quantitative estimate of drug-likeness (QED) is 0.888. The summed E-state index contributed by atoms with van der Waals surface area (Å²) in [5, 5.41) is 0.752. The van der Waals surface area contributed by atoms with E-state index in [2.05, 4.69) is 9.55 Å². The molecule has 16 heavy (non-hydrogen) atoms. The van der Waals surface area contributed by atoms with Gasteiger partial charge in [0.15, 0.2) is 0 Å². The summed E-state index contributed by atoms with van der Waals surface area (Å²) in [4.78, 5) is 4.16. The van der Waals surface area contributed by atoms with E-state index < -0.39 is 0 Å². The molecule has 2 aromatic rings. The van der Waals surface area contributed by atoms with Crippen LogP contribution in [0.4, 0.5) is 0 Å². The minimum absolute atomic E-state index is 0.623. The molecule has 0 aliphatic rings. The highest BCUT2D eigenvalue weighted by Gasteiger charge is 2.06. The maximum atomic E-state index is 5.93. The molecule has 1 heterocycles. The van der Waals surface area contributed by atoms with Crippen LogP contribution in [0.2, 0.25) is 5.02 Å². The van der Waals surface area contributed by atoms with Gasteiger partial charge in [0, 0.05) is 29.0 Å². The topological polar surface area (TPSA) is 43.8 Å². The zero-order valence-electron chi connectivity index (χ0n) is 9.15. The zero-order chi connectivity index (χ0) is 11.5. The Balaban J connectivity index is 2.46. The van der Waals surface area contributed by atoms with E-state index in [0.717, 1.165) is 28.4 Å². The summed E-state index contributed by atoms with van der Waals surface area (Å²) in [6, 6.07) is 5.83. The van der Waals surface area contributed by atoms with Crippen LogP contribution in [0, 0.1) is 6.92 Å². The molecular formula is C12H14ClN3. The Labute approximate surface area is 99.9 Å². The first-order chi connectivity index (χ1) is 7.72. The number of aryl methyl sites for hydroxylation is 1. The number of nitrogens with two attached hydrogens (primary N) is 1. The van der Waals surface area contributed by atoms with E-state index in [1.807, 2.05) is 31.3 Å². The molecule has 0 unspecified atom stereocenters. The van der Waals surface area contributed by atoms with Gasteiger partial charge < -0.3 is 10.3 Å². The summed E-state index contributed by atoms with van der Waals surface area (Å²) in [6.45, 7) is 2.66. The van der Waals surface area contributed by atoms with Gasteiger partial charge in [0.05, 0.1) is 6.33 Å². The van der Waals surface area contributed by atoms with Crippen LogP contribution in [0.5, 0.6) is 0 Å². The summed E-state index contributed by atoms with van der Waals surface area (Å²) in [6.07, 6.45) is 4.48. The fourth-order valence-corrected chi connectivity index (χ4v) is 1.99. The van der Waals surface area contributed by atoms with Crippen LogP contribution in [0.3, 0.4) is 0 Å². The highest BCUT2D eigenvalue weighted by molar-refractivity contribution is 6.30. The van der Waals surface area contributed by atoms with E-state index in [1.165, 1.54) is 0 Å². The second kappa shape index (κ2) is 4.68. The molecule has 1 aromatic carbocycles. The average Bonchev–Trinajstić information content (AvgIpc) is 2.67. The van der Waals surface area contributed by atoms with E-state index in [-0.39, 0.29) is 0 Å². The third-order valence-electron chi connectivity index (χ3n) is 2.53. The molecule has 0 saturated carbocycles. The van der Waals surface area contributed by atoms with E-state index in [4.69, 9.17) is 17.3 Å². The van der Waals surface area contributed by atoms with Gasteiger partial charge in [0.2, 0.25) is 0 Å². The fraction of sp³-hybridized carbons (Fsp3) is 0.250. The first-order valence-electron chi connectivity index (χ1n) is 5.20. The van der Waals surface area contributed by atoms with Crippen molar-refractivity contribution in [2.75, 3.05) is 6.54 Å². The number of benzene rings is 1. The molecule has 0 aliphatic heterocycles. The van der Waals surface area contributed by atoms with Crippen molar-refractivity contribution in [3.05, 3.63) is 47.0 Å². The van der Waals surface area contributed by atoms with Gasteiger partial charge in [-0.1, -0.05) is 11.6 Å². The lowest BCUT2D eigenvalue weighted by molar-refractivity contribution is 0.870. The number of aromatic nitrogens is 2. The van der Waals surface area contributed by atoms with Gasteiger partial charge in [-0.2, -0.15) is 0 Å². The largest absolute Gasteiger partial charge is 0.330 e. The van der Waals surface area contributed by atoms with Crippen molar-refractivity contribution < 1.29 is 0 Å². The maximum absolute atomic E-state index is 5.93. The molecule has 2 rings (SSSR count). The highest BCUT2D eigenvalue weighted by atomic mass is 35.5. The Kier molecular flexibility index (Phi) is 3.27. The van der Waals surface area contributed by atoms with Crippen molar-refractivity contribution in [1.29, 1.82) is 0 Å². The molecule has 4 heteroatoms. The zero-order valence-corrected chi connectivity index (χ0v) is 9.91. The van der Waals surface area contributed by atoms with Gasteiger partial charge in [-0.15, -0.1) is 0 Å². The van der Waals surface area contributed by atoms with E-state index >= 15 is 0 Å². The van der Waals surface area contributed by atoms with Gasteiger partial charge in [-0.25, -0.2) is 4.98 Å². The third-order valence-corrected chi connectivity index (χ3v) is 2.77. The van der Waals surface area contributed by atoms with Crippen molar-refractivity contribution >= 4 is 11.6 Å². The Bertz CT molecular complexity index is 491. The Morgan fingerprint density at radius 2 is 2.25 bits per heavy atom. The van der Waals surface area contributed by atoms with Crippen molar-refractivity contribution in [3.8, 4) is 5.69 Å². The predicted octanol–water partition coefficient (Wildman–Crippen LogP) is 2.34. The van der Waals surface area contributed by atoms with E-state index in [1.54, 1.807) is 6.33 Å². The number of hydrogen-bond acceptors (Lipinski definition) is 2. The Morgan fingerprint density at radius 3 is 2.94 bits per heavy atom.